The standard InChI is InChI=1S/C28H46N4O3Si.C16H34N2O3Si.C12H13BrN2/c1-20-16-25(32-21(2)12-13-22(32)3)29-17-24(20)30-14-15-31(26(33)35-27(4,5)6)23(18-30)19-34-36(10,11)28(7,8)9;1-15(2,3)21-14(19)18-10-9-17-11-13(18)12-20-22(7,8)16(4,5)6;1-8-6-12(14-7-11(8)13)15-9(2)4-5-10(15)3/h12-13,16-17,23H,14-15,18-19H2,1-11H3;13,17H,9-12H2,1-8H3;4-7H,1-3H3/t23-;13-;/m11./s1. The Labute approximate surface area is 450 Å². The summed E-state index contributed by atoms with van der Waals surface area (Å²) in [4.78, 5) is 40.7. The summed E-state index contributed by atoms with van der Waals surface area (Å²) in [6.07, 6.45) is 3.31. The third kappa shape index (κ3) is 17.0. The third-order valence-corrected chi connectivity index (χ3v) is 24.2. The van der Waals surface area contributed by atoms with Gasteiger partial charge in [-0.25, -0.2) is 19.6 Å². The number of hydrogen-bond acceptors (Lipinski definition) is 10. The Balaban J connectivity index is 0.000000264. The van der Waals surface area contributed by atoms with E-state index in [1.807, 2.05) is 63.7 Å². The fraction of sp³-hybridized carbons (Fsp3) is 0.643. The second-order valence-corrected chi connectivity index (χ2v) is 35.4. The molecule has 0 bridgehead atoms. The average molecular weight is 1110 g/mol. The monoisotopic (exact) mass is 1110 g/mol. The lowest BCUT2D eigenvalue weighted by atomic mass is 10.1. The quantitative estimate of drug-likeness (QED) is 0.162. The molecule has 0 unspecified atom stereocenters. The van der Waals surface area contributed by atoms with Crippen LogP contribution in [0.3, 0.4) is 0 Å². The largest absolute Gasteiger partial charge is 0.444 e. The summed E-state index contributed by atoms with van der Waals surface area (Å²) in [6, 6.07) is 12.6. The highest BCUT2D eigenvalue weighted by Crippen LogP contribution is 2.38. The summed E-state index contributed by atoms with van der Waals surface area (Å²) >= 11 is 3.46. The number of nitrogens with one attached hydrogen (secondary N) is 1. The first-order valence-electron chi connectivity index (χ1n) is 26.1. The molecule has 4 aromatic rings. The molecule has 2 fully saturated rings. The number of anilines is 1. The van der Waals surface area contributed by atoms with Gasteiger partial charge in [0.2, 0.25) is 0 Å². The molecule has 6 rings (SSSR count). The Hall–Kier alpha value is -4.01. The summed E-state index contributed by atoms with van der Waals surface area (Å²) in [5, 5.41) is 3.62. The molecule has 0 aliphatic carbocycles. The van der Waals surface area contributed by atoms with Gasteiger partial charge in [0, 0.05) is 72.7 Å². The van der Waals surface area contributed by atoms with Gasteiger partial charge >= 0.3 is 12.2 Å². The molecule has 6 heterocycles. The fourth-order valence-corrected chi connectivity index (χ4v) is 10.3. The van der Waals surface area contributed by atoms with E-state index in [0.29, 0.717) is 32.8 Å². The molecule has 17 heteroatoms. The van der Waals surface area contributed by atoms with Gasteiger partial charge in [-0.3, -0.25) is 4.90 Å². The maximum atomic E-state index is 13.1. The van der Waals surface area contributed by atoms with Gasteiger partial charge in [-0.05, 0) is 183 Å². The highest BCUT2D eigenvalue weighted by atomic mass is 79.9. The summed E-state index contributed by atoms with van der Waals surface area (Å²) in [5.74, 6) is 1.91. The number of aryl methyl sites for hydroxylation is 6. The number of aromatic nitrogens is 4. The van der Waals surface area contributed by atoms with Crippen molar-refractivity contribution in [2.24, 2.45) is 0 Å². The van der Waals surface area contributed by atoms with Crippen molar-refractivity contribution in [3.63, 3.8) is 0 Å². The van der Waals surface area contributed by atoms with Crippen LogP contribution in [0.4, 0.5) is 15.3 Å². The lowest BCUT2D eigenvalue weighted by Gasteiger charge is -2.44. The van der Waals surface area contributed by atoms with Crippen molar-refractivity contribution >= 4 is 50.4 Å². The van der Waals surface area contributed by atoms with E-state index in [9.17, 15) is 9.59 Å². The van der Waals surface area contributed by atoms with E-state index in [1.165, 1.54) is 33.9 Å². The third-order valence-electron chi connectivity index (χ3n) is 14.4. The van der Waals surface area contributed by atoms with E-state index >= 15 is 0 Å². The van der Waals surface area contributed by atoms with Crippen LogP contribution in [0.15, 0.2) is 53.3 Å². The number of amides is 2. The molecule has 2 saturated heterocycles. The zero-order valence-electron chi connectivity index (χ0n) is 48.9. The summed E-state index contributed by atoms with van der Waals surface area (Å²) < 4.78 is 29.5. The highest BCUT2D eigenvalue weighted by Gasteiger charge is 2.41. The van der Waals surface area contributed by atoms with Gasteiger partial charge in [-0.1, -0.05) is 41.5 Å². The number of hydrogen-bond donors (Lipinski definition) is 1. The van der Waals surface area contributed by atoms with E-state index in [-0.39, 0.29) is 34.3 Å². The Bertz CT molecular complexity index is 2440. The predicted molar refractivity (Wildman–Crippen MR) is 308 cm³/mol. The van der Waals surface area contributed by atoms with E-state index in [4.69, 9.17) is 23.3 Å². The Morgan fingerprint density at radius 2 is 1.03 bits per heavy atom. The Morgan fingerprint density at radius 3 is 1.44 bits per heavy atom. The molecule has 2 aliphatic rings. The number of carbonyl (C=O) groups is 2. The molecule has 2 atom stereocenters. The van der Waals surface area contributed by atoms with Gasteiger partial charge in [-0.15, -0.1) is 0 Å². The maximum absolute atomic E-state index is 13.1. The zero-order chi connectivity index (χ0) is 55.2. The number of ether oxygens (including phenoxy) is 2. The van der Waals surface area contributed by atoms with Crippen molar-refractivity contribution in [2.45, 2.75) is 184 Å². The fourth-order valence-electron chi connectivity index (χ4n) is 7.98. The molecule has 0 spiro atoms. The molecule has 2 amide bonds. The molecule has 1 N–H and O–H groups in total. The molecule has 408 valence electrons. The first-order chi connectivity index (χ1) is 33.4. The number of piperazine rings is 2. The smallest absolute Gasteiger partial charge is 0.410 e. The molecule has 4 aromatic heterocycles. The van der Waals surface area contributed by atoms with Crippen LogP contribution in [0, 0.1) is 41.5 Å². The van der Waals surface area contributed by atoms with Crippen molar-refractivity contribution in [3.05, 3.63) is 87.2 Å². The normalized spacial score (nSPS) is 17.1. The van der Waals surface area contributed by atoms with Gasteiger partial charge in [0.25, 0.3) is 0 Å². The topological polar surface area (TPSA) is 128 Å². The highest BCUT2D eigenvalue weighted by molar-refractivity contribution is 9.10. The van der Waals surface area contributed by atoms with Crippen molar-refractivity contribution in [3.8, 4) is 11.6 Å². The van der Waals surface area contributed by atoms with E-state index in [2.05, 4.69) is 186 Å². The van der Waals surface area contributed by atoms with Gasteiger partial charge in [0.15, 0.2) is 16.6 Å². The SMILES string of the molecule is CC(C)(C)OC(=O)N1CCNC[C@@H]1CO[Si](C)(C)C(C)(C)C.Cc1cc(-n2c(C)ccc2C)ncc1Br.Cc1cc(-n2c(C)ccc2C)ncc1N1CCN(C(=O)OC(C)(C)C)[C@@H](CO[Si](C)(C)C(C)(C)C)C1. The number of rotatable bonds is 9. The van der Waals surface area contributed by atoms with Crippen LogP contribution < -0.4 is 10.2 Å². The molecule has 0 aromatic carbocycles. The molecular weight excluding hydrogens is 1020 g/mol. The predicted octanol–water partition coefficient (Wildman–Crippen LogP) is 13.0. The van der Waals surface area contributed by atoms with Crippen molar-refractivity contribution in [1.29, 1.82) is 0 Å². The molecule has 2 aliphatic heterocycles. The summed E-state index contributed by atoms with van der Waals surface area (Å²) in [7, 11) is -3.78. The number of carbonyl (C=O) groups excluding carboxylic acids is 2. The van der Waals surface area contributed by atoms with Gasteiger partial charge in [0.1, 0.15) is 22.8 Å². The van der Waals surface area contributed by atoms with Crippen molar-refractivity contribution < 1.29 is 27.9 Å². The number of nitrogens with zero attached hydrogens (tertiary/aromatic N) is 7. The number of pyridine rings is 2. The lowest BCUT2D eigenvalue weighted by Crippen LogP contribution is -2.59. The van der Waals surface area contributed by atoms with Crippen LogP contribution in [0.5, 0.6) is 0 Å². The lowest BCUT2D eigenvalue weighted by molar-refractivity contribution is 0.00523. The van der Waals surface area contributed by atoms with Gasteiger partial charge in [-0.2, -0.15) is 0 Å². The Kier molecular flexibility index (Phi) is 20.5. The van der Waals surface area contributed by atoms with E-state index < -0.39 is 27.8 Å². The Morgan fingerprint density at radius 1 is 0.616 bits per heavy atom. The molecule has 0 radical (unpaired) electrons. The van der Waals surface area contributed by atoms with E-state index in [0.717, 1.165) is 41.4 Å². The second-order valence-electron chi connectivity index (χ2n) is 25.0. The second kappa shape index (κ2) is 24.3. The minimum Gasteiger partial charge on any atom is -0.444 e. The van der Waals surface area contributed by atoms with Crippen LogP contribution in [0.2, 0.25) is 36.3 Å². The van der Waals surface area contributed by atoms with Crippen LogP contribution >= 0.6 is 15.9 Å². The van der Waals surface area contributed by atoms with Gasteiger partial charge < -0.3 is 42.6 Å². The number of halogens is 1. The molecular formula is C56H93BrN8O6Si2. The first-order valence-corrected chi connectivity index (χ1v) is 32.7. The van der Waals surface area contributed by atoms with Crippen LogP contribution in [-0.4, -0.2) is 133 Å². The molecule has 14 nitrogen and oxygen atoms in total. The van der Waals surface area contributed by atoms with E-state index in [1.54, 1.807) is 0 Å². The molecule has 73 heavy (non-hydrogen) atoms. The summed E-state index contributed by atoms with van der Waals surface area (Å²) in [6.45, 7) is 51.7. The average Bonchev–Trinajstić information content (AvgIpc) is 3.79. The van der Waals surface area contributed by atoms with Crippen LogP contribution in [0.25, 0.3) is 11.6 Å². The van der Waals surface area contributed by atoms with Crippen LogP contribution in [-0.2, 0) is 18.3 Å². The zero-order valence-corrected chi connectivity index (χ0v) is 52.5. The van der Waals surface area contributed by atoms with Crippen LogP contribution in [0.1, 0.15) is 117 Å². The first kappa shape index (κ1) is 61.5. The maximum Gasteiger partial charge on any atom is 0.410 e. The van der Waals surface area contributed by atoms with Crippen molar-refractivity contribution in [2.75, 3.05) is 57.4 Å². The minimum atomic E-state index is -1.97. The minimum absolute atomic E-state index is 0.0396. The van der Waals surface area contributed by atoms with Crippen molar-refractivity contribution in [1.82, 2.24) is 34.2 Å². The van der Waals surface area contributed by atoms with Gasteiger partial charge in [0.05, 0.1) is 37.2 Å². The molecule has 0 saturated carbocycles. The summed E-state index contributed by atoms with van der Waals surface area (Å²) in [5.41, 5.74) is 7.22.